The summed E-state index contributed by atoms with van der Waals surface area (Å²) in [6, 6.07) is 10.0. The maximum atomic E-state index is 13.5. The van der Waals surface area contributed by atoms with Gasteiger partial charge in [-0.05, 0) is 42.5 Å². The van der Waals surface area contributed by atoms with Gasteiger partial charge in [-0.15, -0.1) is 5.10 Å². The van der Waals surface area contributed by atoms with Gasteiger partial charge in [0.2, 0.25) is 5.89 Å². The molecule has 5 heterocycles. The molecule has 1 aromatic carbocycles. The normalized spacial score (nSPS) is 16.0. The maximum absolute atomic E-state index is 13.5. The number of benzene rings is 1. The van der Waals surface area contributed by atoms with E-state index in [1.54, 1.807) is 30.7 Å². The molecule has 1 aliphatic rings. The number of hydrogen-bond donors (Lipinski definition) is 1. The Kier molecular flexibility index (Phi) is 4.42. The summed E-state index contributed by atoms with van der Waals surface area (Å²) in [5.74, 6) is -0.123. The molecule has 5 aromatic rings. The number of hydrogen-bond acceptors (Lipinski definition) is 6. The van der Waals surface area contributed by atoms with E-state index >= 15 is 0 Å². The number of nitrogens with zero attached hydrogens (tertiary/aromatic N) is 6. The number of rotatable bonds is 4. The monoisotopic (exact) mass is 451 g/mol. The van der Waals surface area contributed by atoms with Crippen LogP contribution in [0.2, 0.25) is 0 Å². The van der Waals surface area contributed by atoms with Crippen molar-refractivity contribution in [2.75, 3.05) is 11.4 Å². The number of H-pyrrole nitrogens is 1. The van der Waals surface area contributed by atoms with Gasteiger partial charge >= 0.3 is 6.01 Å². The second-order valence-electron chi connectivity index (χ2n) is 7.67. The van der Waals surface area contributed by atoms with Crippen LogP contribution in [-0.4, -0.2) is 36.3 Å². The smallest absolute Gasteiger partial charge is 0.319 e. The first kappa shape index (κ1) is 19.5. The quantitative estimate of drug-likeness (QED) is 0.438. The van der Waals surface area contributed by atoms with Crippen LogP contribution in [0.25, 0.3) is 17.0 Å². The Morgan fingerprint density at radius 2 is 1.97 bits per heavy atom. The van der Waals surface area contributed by atoms with E-state index in [1.807, 2.05) is 4.90 Å². The third-order valence-corrected chi connectivity index (χ3v) is 5.74. The third-order valence-electron chi connectivity index (χ3n) is 5.74. The summed E-state index contributed by atoms with van der Waals surface area (Å²) in [6.07, 6.45) is 1.24. The van der Waals surface area contributed by atoms with Crippen LogP contribution in [0.4, 0.5) is 19.2 Å². The Hall–Kier alpha value is -4.15. The molecule has 166 valence electrons. The maximum Gasteiger partial charge on any atom is 0.319 e. The van der Waals surface area contributed by atoms with E-state index in [0.29, 0.717) is 35.4 Å². The lowest BCUT2D eigenvalue weighted by Crippen LogP contribution is -2.36. The number of fused-ring (bicyclic) bond motifs is 2. The minimum Gasteiger partial charge on any atom is -0.403 e. The fourth-order valence-corrected chi connectivity index (χ4v) is 4.20. The van der Waals surface area contributed by atoms with Crippen LogP contribution < -0.4 is 4.90 Å². The average molecular weight is 451 g/mol. The van der Waals surface area contributed by atoms with Crippen molar-refractivity contribution < 1.29 is 17.6 Å². The van der Waals surface area contributed by atoms with Crippen LogP contribution in [0.1, 0.15) is 35.1 Å². The number of halogens is 3. The summed E-state index contributed by atoms with van der Waals surface area (Å²) in [5, 5.41) is 12.9. The number of nitrogens with one attached hydrogen (secondary N) is 1. The number of pyridine rings is 1. The molecule has 0 unspecified atom stereocenters. The summed E-state index contributed by atoms with van der Waals surface area (Å²) in [7, 11) is 0. The molecule has 4 aromatic heterocycles. The van der Waals surface area contributed by atoms with Gasteiger partial charge in [-0.3, -0.25) is 0 Å². The number of alkyl halides is 2. The highest BCUT2D eigenvalue weighted by Gasteiger charge is 2.36. The lowest BCUT2D eigenvalue weighted by Gasteiger charge is -2.32. The molecule has 1 aliphatic heterocycles. The molecule has 8 nitrogen and oxygen atoms in total. The van der Waals surface area contributed by atoms with E-state index in [0.717, 1.165) is 5.69 Å². The third kappa shape index (κ3) is 3.23. The van der Waals surface area contributed by atoms with Crippen molar-refractivity contribution in [3.8, 4) is 11.5 Å². The molecule has 33 heavy (non-hydrogen) atoms. The van der Waals surface area contributed by atoms with Crippen molar-refractivity contribution in [3.63, 3.8) is 0 Å². The van der Waals surface area contributed by atoms with E-state index in [9.17, 15) is 13.2 Å². The van der Waals surface area contributed by atoms with Crippen LogP contribution >= 0.6 is 0 Å². The Morgan fingerprint density at radius 1 is 1.12 bits per heavy atom. The van der Waals surface area contributed by atoms with Gasteiger partial charge < -0.3 is 14.3 Å². The Labute approximate surface area is 184 Å². The predicted octanol–water partition coefficient (Wildman–Crippen LogP) is 4.34. The molecular formula is C22H16F3N7O. The van der Waals surface area contributed by atoms with Crippen molar-refractivity contribution in [1.29, 1.82) is 0 Å². The summed E-state index contributed by atoms with van der Waals surface area (Å²) in [6.45, 7) is 0.514. The molecule has 0 amide bonds. The van der Waals surface area contributed by atoms with E-state index in [-0.39, 0.29) is 23.3 Å². The van der Waals surface area contributed by atoms with Crippen LogP contribution in [0.3, 0.4) is 0 Å². The predicted molar refractivity (Wildman–Crippen MR) is 111 cm³/mol. The second-order valence-corrected chi connectivity index (χ2v) is 7.67. The first-order valence-corrected chi connectivity index (χ1v) is 10.2. The minimum absolute atomic E-state index is 0.0998. The van der Waals surface area contributed by atoms with Gasteiger partial charge in [0.05, 0.1) is 23.2 Å². The molecule has 0 bridgehead atoms. The molecule has 6 rings (SSSR count). The van der Waals surface area contributed by atoms with E-state index < -0.39 is 12.5 Å². The number of imidazole rings is 1. The van der Waals surface area contributed by atoms with Gasteiger partial charge in [-0.25, -0.2) is 22.7 Å². The van der Waals surface area contributed by atoms with Gasteiger partial charge in [0, 0.05) is 36.0 Å². The Balaban J connectivity index is 1.45. The van der Waals surface area contributed by atoms with Gasteiger partial charge in [-0.2, -0.15) is 5.10 Å². The second kappa shape index (κ2) is 7.47. The van der Waals surface area contributed by atoms with Crippen LogP contribution in [0.15, 0.2) is 59.4 Å². The molecular weight excluding hydrogens is 435 g/mol. The standard InChI is InChI=1S/C22H16F3N7O/c23-13-5-3-12(4-6-13)21-28-29-22(33-21)31-9-7-15-18(27-11-26-15)19(31)16-10-17-14(20(24)25)2-1-8-32(17)30-16/h1-6,8,10-11,19-20H,7,9H2,(H,26,27)/t19-/m1/s1. The molecule has 0 spiro atoms. The first-order valence-electron chi connectivity index (χ1n) is 10.2. The Morgan fingerprint density at radius 3 is 2.79 bits per heavy atom. The molecule has 0 fully saturated rings. The van der Waals surface area contributed by atoms with Gasteiger partial charge in [0.25, 0.3) is 6.43 Å². The number of aromatic nitrogens is 6. The van der Waals surface area contributed by atoms with Crippen molar-refractivity contribution in [2.45, 2.75) is 18.9 Å². The molecule has 0 aliphatic carbocycles. The van der Waals surface area contributed by atoms with E-state index in [2.05, 4.69) is 25.3 Å². The van der Waals surface area contributed by atoms with Crippen LogP contribution in [0, 0.1) is 5.82 Å². The van der Waals surface area contributed by atoms with E-state index in [4.69, 9.17) is 4.42 Å². The zero-order valence-corrected chi connectivity index (χ0v) is 17.0. The molecule has 1 atom stereocenters. The highest BCUT2D eigenvalue weighted by Crippen LogP contribution is 2.37. The summed E-state index contributed by atoms with van der Waals surface area (Å²) in [4.78, 5) is 9.46. The van der Waals surface area contributed by atoms with Gasteiger partial charge in [0.1, 0.15) is 11.9 Å². The largest absolute Gasteiger partial charge is 0.403 e. The minimum atomic E-state index is -2.63. The molecule has 0 saturated carbocycles. The van der Waals surface area contributed by atoms with E-state index in [1.165, 1.54) is 28.8 Å². The fraction of sp³-hybridized carbons (Fsp3) is 0.182. The summed E-state index contributed by atoms with van der Waals surface area (Å²) in [5.41, 5.74) is 2.97. The summed E-state index contributed by atoms with van der Waals surface area (Å²) < 4.78 is 47.7. The number of aromatic amines is 1. The molecule has 0 saturated heterocycles. The fourth-order valence-electron chi connectivity index (χ4n) is 4.20. The number of anilines is 1. The van der Waals surface area contributed by atoms with Gasteiger partial charge in [-0.1, -0.05) is 5.10 Å². The topological polar surface area (TPSA) is 88.1 Å². The van der Waals surface area contributed by atoms with Crippen molar-refractivity contribution in [2.24, 2.45) is 0 Å². The lowest BCUT2D eigenvalue weighted by atomic mass is 10.00. The zero-order chi connectivity index (χ0) is 22.5. The Bertz CT molecular complexity index is 1440. The SMILES string of the molecule is Fc1ccc(-c2nnc(N3CCc4[nH]cnc4[C@H]3c3cc4c(C(F)F)cccn4n3)o2)cc1. The zero-order valence-electron chi connectivity index (χ0n) is 17.0. The van der Waals surface area contributed by atoms with Crippen molar-refractivity contribution in [3.05, 3.63) is 83.5 Å². The molecule has 0 radical (unpaired) electrons. The molecule has 1 N–H and O–H groups in total. The molecule has 11 heteroatoms. The van der Waals surface area contributed by atoms with Crippen molar-refractivity contribution >= 4 is 11.5 Å². The highest BCUT2D eigenvalue weighted by molar-refractivity contribution is 5.58. The highest BCUT2D eigenvalue weighted by atomic mass is 19.3. The first-order chi connectivity index (χ1) is 16.1. The van der Waals surface area contributed by atoms with Crippen molar-refractivity contribution in [1.82, 2.24) is 29.8 Å². The summed E-state index contributed by atoms with van der Waals surface area (Å²) >= 11 is 0. The van der Waals surface area contributed by atoms with Gasteiger partial charge in [0.15, 0.2) is 0 Å². The van der Waals surface area contributed by atoms with Crippen LogP contribution in [-0.2, 0) is 6.42 Å². The average Bonchev–Trinajstić information content (AvgIpc) is 3.57. The lowest BCUT2D eigenvalue weighted by molar-refractivity contribution is 0.152. The van der Waals surface area contributed by atoms with Crippen LogP contribution in [0.5, 0.6) is 0 Å².